The fraction of sp³-hybridized carbons (Fsp3) is 0.900. The van der Waals surface area contributed by atoms with Crippen LogP contribution in [0.5, 0.6) is 0 Å². The lowest BCUT2D eigenvalue weighted by Gasteiger charge is -2.28. The van der Waals surface area contributed by atoms with E-state index in [1.54, 1.807) is 0 Å². The topological polar surface area (TPSA) is 46.5 Å². The summed E-state index contributed by atoms with van der Waals surface area (Å²) in [5.41, 5.74) is 0. The normalized spacial score (nSPS) is 42.2. The maximum absolute atomic E-state index is 10.1. The molecule has 0 aromatic carbocycles. The van der Waals surface area contributed by atoms with Gasteiger partial charge < -0.3 is 9.84 Å². The third-order valence-electron chi connectivity index (χ3n) is 3.84. The molecule has 0 radical (unpaired) electrons. The predicted molar refractivity (Wildman–Crippen MR) is 46.9 cm³/mol. The molecule has 0 aromatic heterocycles. The first-order valence-corrected chi connectivity index (χ1v) is 5.03. The van der Waals surface area contributed by atoms with E-state index in [1.807, 2.05) is 0 Å². The zero-order valence-electron chi connectivity index (χ0n) is 7.69. The van der Waals surface area contributed by atoms with Crippen molar-refractivity contribution in [3.05, 3.63) is 0 Å². The van der Waals surface area contributed by atoms with Crippen LogP contribution in [0.3, 0.4) is 0 Å². The number of rotatable bonds is 4. The van der Waals surface area contributed by atoms with Gasteiger partial charge in [-0.15, -0.1) is 0 Å². The minimum absolute atomic E-state index is 0.258. The Labute approximate surface area is 78.1 Å². The van der Waals surface area contributed by atoms with E-state index in [-0.39, 0.29) is 6.61 Å². The predicted octanol–water partition coefficient (Wildman–Crippen LogP) is 0.814. The molecule has 3 nitrogen and oxygen atoms in total. The standard InChI is InChI=1S/C10H16O3/c11-4-9-7-1-2-8(3-7)10(9)5-13-6-12/h6-11H,1-5H2/t7-,8+,9+,10-/m0/s1. The highest BCUT2D eigenvalue weighted by Crippen LogP contribution is 2.51. The van der Waals surface area contributed by atoms with Crippen molar-refractivity contribution in [3.63, 3.8) is 0 Å². The van der Waals surface area contributed by atoms with Gasteiger partial charge in [-0.05, 0) is 37.0 Å². The van der Waals surface area contributed by atoms with Crippen LogP contribution in [0.15, 0.2) is 0 Å². The van der Waals surface area contributed by atoms with Crippen LogP contribution >= 0.6 is 0 Å². The van der Waals surface area contributed by atoms with Gasteiger partial charge >= 0.3 is 0 Å². The fourth-order valence-electron chi connectivity index (χ4n) is 3.22. The first kappa shape index (κ1) is 9.00. The first-order valence-electron chi connectivity index (χ1n) is 5.03. The largest absolute Gasteiger partial charge is 0.468 e. The van der Waals surface area contributed by atoms with Gasteiger partial charge in [-0.1, -0.05) is 0 Å². The molecule has 2 rings (SSSR count). The van der Waals surface area contributed by atoms with E-state index in [9.17, 15) is 9.90 Å². The lowest BCUT2D eigenvalue weighted by Crippen LogP contribution is -2.28. The van der Waals surface area contributed by atoms with E-state index in [0.717, 1.165) is 0 Å². The summed E-state index contributed by atoms with van der Waals surface area (Å²) >= 11 is 0. The van der Waals surface area contributed by atoms with Crippen LogP contribution in [0.4, 0.5) is 0 Å². The van der Waals surface area contributed by atoms with E-state index in [0.29, 0.717) is 36.8 Å². The molecule has 2 fully saturated rings. The summed E-state index contributed by atoms with van der Waals surface area (Å²) in [4.78, 5) is 10.1. The summed E-state index contributed by atoms with van der Waals surface area (Å²) in [6.07, 6.45) is 3.75. The summed E-state index contributed by atoms with van der Waals surface area (Å²) in [6, 6.07) is 0. The number of aliphatic hydroxyl groups is 1. The van der Waals surface area contributed by atoms with Crippen molar-refractivity contribution in [1.82, 2.24) is 0 Å². The number of carbonyl (C=O) groups excluding carboxylic acids is 1. The number of fused-ring (bicyclic) bond motifs is 2. The Morgan fingerprint density at radius 2 is 2.00 bits per heavy atom. The molecule has 2 bridgehead atoms. The molecule has 2 aliphatic carbocycles. The second kappa shape index (κ2) is 3.66. The number of aliphatic hydroxyl groups excluding tert-OH is 1. The number of ether oxygens (including phenoxy) is 1. The molecule has 0 spiro atoms. The summed E-state index contributed by atoms with van der Waals surface area (Å²) in [7, 11) is 0. The molecular weight excluding hydrogens is 168 g/mol. The van der Waals surface area contributed by atoms with Crippen LogP contribution in [-0.2, 0) is 9.53 Å². The zero-order valence-corrected chi connectivity index (χ0v) is 7.69. The van der Waals surface area contributed by atoms with Gasteiger partial charge in [0.15, 0.2) is 0 Å². The van der Waals surface area contributed by atoms with Crippen LogP contribution in [0.25, 0.3) is 0 Å². The van der Waals surface area contributed by atoms with Gasteiger partial charge in [0.05, 0.1) is 6.61 Å². The third kappa shape index (κ3) is 1.46. The molecule has 0 amide bonds. The third-order valence-corrected chi connectivity index (χ3v) is 3.84. The Morgan fingerprint density at radius 3 is 2.62 bits per heavy atom. The van der Waals surface area contributed by atoms with Crippen LogP contribution < -0.4 is 0 Å². The van der Waals surface area contributed by atoms with Gasteiger partial charge in [0.2, 0.25) is 0 Å². The maximum atomic E-state index is 10.1. The van der Waals surface area contributed by atoms with E-state index < -0.39 is 0 Å². The van der Waals surface area contributed by atoms with Gasteiger partial charge in [0, 0.05) is 12.5 Å². The van der Waals surface area contributed by atoms with Crippen molar-refractivity contribution in [3.8, 4) is 0 Å². The minimum atomic E-state index is 0.258. The van der Waals surface area contributed by atoms with Crippen LogP contribution in [0.1, 0.15) is 19.3 Å². The molecule has 13 heavy (non-hydrogen) atoms. The molecule has 2 aliphatic rings. The second-order valence-electron chi connectivity index (χ2n) is 4.27. The van der Waals surface area contributed by atoms with E-state index in [1.165, 1.54) is 19.3 Å². The van der Waals surface area contributed by atoms with Crippen molar-refractivity contribution < 1.29 is 14.6 Å². The second-order valence-corrected chi connectivity index (χ2v) is 4.27. The molecule has 0 aliphatic heterocycles. The number of carbonyl (C=O) groups is 1. The maximum Gasteiger partial charge on any atom is 0.293 e. The van der Waals surface area contributed by atoms with Crippen molar-refractivity contribution in [2.75, 3.05) is 13.2 Å². The minimum Gasteiger partial charge on any atom is -0.468 e. The van der Waals surface area contributed by atoms with Crippen LogP contribution in [0, 0.1) is 23.7 Å². The SMILES string of the molecule is O=COC[C@H]1[C@@H]2CC[C@@H](C2)[C@H]1CO. The highest BCUT2D eigenvalue weighted by molar-refractivity contribution is 5.36. The van der Waals surface area contributed by atoms with Gasteiger partial charge in [0.25, 0.3) is 6.47 Å². The quantitative estimate of drug-likeness (QED) is 0.658. The average Bonchev–Trinajstić information content (AvgIpc) is 2.73. The summed E-state index contributed by atoms with van der Waals surface area (Å²) in [5.74, 6) is 2.20. The Balaban J connectivity index is 1.96. The number of hydrogen-bond acceptors (Lipinski definition) is 3. The van der Waals surface area contributed by atoms with E-state index >= 15 is 0 Å². The fourth-order valence-corrected chi connectivity index (χ4v) is 3.22. The monoisotopic (exact) mass is 184 g/mol. The lowest BCUT2D eigenvalue weighted by atomic mass is 9.80. The molecule has 4 atom stereocenters. The van der Waals surface area contributed by atoms with Crippen molar-refractivity contribution >= 4 is 6.47 Å². The summed E-state index contributed by atoms with van der Waals surface area (Å²) < 4.78 is 4.81. The van der Waals surface area contributed by atoms with Crippen LogP contribution in [-0.4, -0.2) is 24.8 Å². The van der Waals surface area contributed by atoms with Gasteiger partial charge in [-0.2, -0.15) is 0 Å². The number of hydrogen-bond donors (Lipinski definition) is 1. The molecule has 3 heteroatoms. The summed E-state index contributed by atoms with van der Waals surface area (Å²) in [6.45, 7) is 1.28. The Morgan fingerprint density at radius 1 is 1.31 bits per heavy atom. The molecule has 0 heterocycles. The van der Waals surface area contributed by atoms with Gasteiger partial charge in [0.1, 0.15) is 0 Å². The van der Waals surface area contributed by atoms with E-state index in [4.69, 9.17) is 4.74 Å². The average molecular weight is 184 g/mol. The van der Waals surface area contributed by atoms with Crippen LogP contribution in [0.2, 0.25) is 0 Å². The lowest BCUT2D eigenvalue weighted by molar-refractivity contribution is -0.131. The summed E-state index contributed by atoms with van der Waals surface area (Å²) in [5, 5.41) is 9.21. The molecular formula is C10H16O3. The smallest absolute Gasteiger partial charge is 0.293 e. The van der Waals surface area contributed by atoms with Gasteiger partial charge in [-0.25, -0.2) is 0 Å². The Kier molecular flexibility index (Phi) is 2.54. The highest BCUT2D eigenvalue weighted by Gasteiger charge is 2.47. The molecule has 0 unspecified atom stereocenters. The van der Waals surface area contributed by atoms with Crippen molar-refractivity contribution in [1.29, 1.82) is 0 Å². The molecule has 0 saturated heterocycles. The highest BCUT2D eigenvalue weighted by atomic mass is 16.5. The molecule has 1 N–H and O–H groups in total. The first-order chi connectivity index (χ1) is 6.36. The van der Waals surface area contributed by atoms with Crippen molar-refractivity contribution in [2.45, 2.75) is 19.3 Å². The zero-order chi connectivity index (χ0) is 9.26. The Hall–Kier alpha value is -0.570. The Bertz CT molecular complexity index is 193. The molecule has 0 aromatic rings. The van der Waals surface area contributed by atoms with Gasteiger partial charge in [-0.3, -0.25) is 4.79 Å². The van der Waals surface area contributed by atoms with E-state index in [2.05, 4.69) is 0 Å². The molecule has 74 valence electrons. The van der Waals surface area contributed by atoms with Crippen molar-refractivity contribution in [2.24, 2.45) is 23.7 Å². The molecule has 2 saturated carbocycles.